The highest BCUT2D eigenvalue weighted by Crippen LogP contribution is 2.26. The predicted molar refractivity (Wildman–Crippen MR) is 127 cm³/mol. The summed E-state index contributed by atoms with van der Waals surface area (Å²) in [5.41, 5.74) is 8.21. The molecule has 176 valence electrons. The van der Waals surface area contributed by atoms with Crippen LogP contribution in [0.4, 0.5) is 14.5 Å². The number of carbonyl (C=O) groups is 2. The van der Waals surface area contributed by atoms with Crippen LogP contribution < -0.4 is 11.1 Å². The molecule has 1 saturated carbocycles. The number of nitrogens with zero attached hydrogens (tertiary/aromatic N) is 1. The molecule has 0 heterocycles. The van der Waals surface area contributed by atoms with Gasteiger partial charge in [-0.25, -0.2) is 8.78 Å². The molecule has 2 unspecified atom stereocenters. The second kappa shape index (κ2) is 10.6. The first-order chi connectivity index (χ1) is 16.4. The summed E-state index contributed by atoms with van der Waals surface area (Å²) in [6.07, 6.45) is 3.40. The first-order valence-corrected chi connectivity index (χ1v) is 11.4. The highest BCUT2D eigenvalue weighted by molar-refractivity contribution is 6.04. The molecule has 0 aliphatic heterocycles. The topological polar surface area (TPSA) is 75.4 Å². The van der Waals surface area contributed by atoms with Crippen molar-refractivity contribution in [3.8, 4) is 0 Å². The number of carbonyl (C=O) groups excluding carboxylic acids is 2. The molecular weight excluding hydrogens is 436 g/mol. The molecule has 5 nitrogen and oxygen atoms in total. The Labute approximate surface area is 197 Å². The fraction of sp³-hybridized carbons (Fsp3) is 0.259. The van der Waals surface area contributed by atoms with Crippen molar-refractivity contribution in [1.82, 2.24) is 4.90 Å². The van der Waals surface area contributed by atoms with Gasteiger partial charge in [-0.2, -0.15) is 0 Å². The fourth-order valence-corrected chi connectivity index (χ4v) is 4.45. The van der Waals surface area contributed by atoms with E-state index in [9.17, 15) is 18.4 Å². The first-order valence-electron chi connectivity index (χ1n) is 11.4. The minimum atomic E-state index is -0.804. The Kier molecular flexibility index (Phi) is 7.33. The van der Waals surface area contributed by atoms with E-state index in [4.69, 9.17) is 5.73 Å². The van der Waals surface area contributed by atoms with Crippen LogP contribution in [-0.2, 0) is 6.54 Å². The van der Waals surface area contributed by atoms with Gasteiger partial charge in [0.25, 0.3) is 11.8 Å². The van der Waals surface area contributed by atoms with Crippen molar-refractivity contribution in [1.29, 1.82) is 0 Å². The van der Waals surface area contributed by atoms with Crippen LogP contribution in [0, 0.1) is 11.6 Å². The normalized spacial score (nSPS) is 17.7. The third kappa shape index (κ3) is 5.66. The minimum Gasteiger partial charge on any atom is -0.330 e. The molecule has 1 aliphatic rings. The van der Waals surface area contributed by atoms with Gasteiger partial charge >= 0.3 is 0 Å². The standard InChI is InChI=1S/C27H27F2N3O2/c28-21-14-20(15-22(29)16-21)27(34)32(25-12-5-4-11-24(25)30)17-18-7-6-10-23(13-18)31-26(33)19-8-2-1-3-9-19/h1-3,6-10,13-16,24-25H,4-5,11-12,17,30H2,(H,31,33). The second-order valence-corrected chi connectivity index (χ2v) is 8.63. The molecule has 3 N–H and O–H groups in total. The lowest BCUT2D eigenvalue weighted by Crippen LogP contribution is -2.51. The monoisotopic (exact) mass is 463 g/mol. The summed E-state index contributed by atoms with van der Waals surface area (Å²) in [5.74, 6) is -2.32. The zero-order valence-electron chi connectivity index (χ0n) is 18.7. The van der Waals surface area contributed by atoms with Gasteiger partial charge in [0, 0.05) is 41.5 Å². The molecule has 1 aliphatic carbocycles. The van der Waals surface area contributed by atoms with Crippen molar-refractivity contribution in [2.75, 3.05) is 5.32 Å². The van der Waals surface area contributed by atoms with Crippen LogP contribution in [0.25, 0.3) is 0 Å². The zero-order chi connectivity index (χ0) is 24.1. The lowest BCUT2D eigenvalue weighted by Gasteiger charge is -2.38. The van der Waals surface area contributed by atoms with Crippen molar-refractivity contribution in [2.45, 2.75) is 44.3 Å². The highest BCUT2D eigenvalue weighted by atomic mass is 19.1. The third-order valence-corrected chi connectivity index (χ3v) is 6.13. The van der Waals surface area contributed by atoms with E-state index in [1.165, 1.54) is 0 Å². The summed E-state index contributed by atoms with van der Waals surface area (Å²) in [6, 6.07) is 18.4. The summed E-state index contributed by atoms with van der Waals surface area (Å²) in [4.78, 5) is 27.6. The van der Waals surface area contributed by atoms with Crippen LogP contribution in [0.3, 0.4) is 0 Å². The molecule has 4 rings (SSSR count). The average Bonchev–Trinajstić information content (AvgIpc) is 2.83. The number of nitrogens with one attached hydrogen (secondary N) is 1. The van der Waals surface area contributed by atoms with Crippen molar-refractivity contribution in [2.24, 2.45) is 5.73 Å². The molecule has 1 fully saturated rings. The maximum Gasteiger partial charge on any atom is 0.255 e. The quantitative estimate of drug-likeness (QED) is 0.532. The van der Waals surface area contributed by atoms with Gasteiger partial charge in [-0.1, -0.05) is 43.2 Å². The molecular formula is C27H27F2N3O2. The van der Waals surface area contributed by atoms with Gasteiger partial charge < -0.3 is 16.0 Å². The minimum absolute atomic E-state index is 0.0520. The Balaban J connectivity index is 1.59. The molecule has 7 heteroatoms. The second-order valence-electron chi connectivity index (χ2n) is 8.63. The molecule has 34 heavy (non-hydrogen) atoms. The van der Waals surface area contributed by atoms with E-state index in [1.807, 2.05) is 12.1 Å². The van der Waals surface area contributed by atoms with Crippen LogP contribution in [0.1, 0.15) is 52.0 Å². The van der Waals surface area contributed by atoms with E-state index in [-0.39, 0.29) is 30.1 Å². The number of hydrogen-bond donors (Lipinski definition) is 2. The number of amides is 2. The summed E-state index contributed by atoms with van der Waals surface area (Å²) in [6.45, 7) is 0.199. The summed E-state index contributed by atoms with van der Waals surface area (Å²) >= 11 is 0. The van der Waals surface area contributed by atoms with Gasteiger partial charge in [0.2, 0.25) is 0 Å². The van der Waals surface area contributed by atoms with Crippen LogP contribution >= 0.6 is 0 Å². The number of anilines is 1. The maximum absolute atomic E-state index is 13.8. The van der Waals surface area contributed by atoms with Crippen molar-refractivity contribution in [3.05, 3.63) is 101 Å². The molecule has 2 amide bonds. The number of rotatable bonds is 6. The maximum atomic E-state index is 13.8. The van der Waals surface area contributed by atoms with E-state index in [0.717, 1.165) is 49.4 Å². The Morgan fingerprint density at radius 3 is 2.29 bits per heavy atom. The zero-order valence-corrected chi connectivity index (χ0v) is 18.7. The third-order valence-electron chi connectivity index (χ3n) is 6.13. The van der Waals surface area contributed by atoms with Gasteiger partial charge in [0.1, 0.15) is 11.6 Å². The molecule has 2 atom stereocenters. The Hall–Kier alpha value is -3.58. The van der Waals surface area contributed by atoms with Gasteiger partial charge in [-0.05, 0) is 54.8 Å². The molecule has 0 radical (unpaired) electrons. The van der Waals surface area contributed by atoms with Crippen LogP contribution in [0.2, 0.25) is 0 Å². The van der Waals surface area contributed by atoms with Gasteiger partial charge in [0.15, 0.2) is 0 Å². The number of hydrogen-bond acceptors (Lipinski definition) is 3. The number of benzene rings is 3. The van der Waals surface area contributed by atoms with Crippen LogP contribution in [-0.4, -0.2) is 28.8 Å². The van der Waals surface area contributed by atoms with Gasteiger partial charge in [-0.3, -0.25) is 9.59 Å². The van der Waals surface area contributed by atoms with Crippen molar-refractivity contribution in [3.63, 3.8) is 0 Å². The Bertz CT molecular complexity index is 1150. The van der Waals surface area contributed by atoms with Crippen molar-refractivity contribution >= 4 is 17.5 Å². The van der Waals surface area contributed by atoms with E-state index >= 15 is 0 Å². The first kappa shape index (κ1) is 23.6. The van der Waals surface area contributed by atoms with E-state index in [2.05, 4.69) is 5.32 Å². The molecule has 0 saturated heterocycles. The lowest BCUT2D eigenvalue weighted by molar-refractivity contribution is 0.0582. The van der Waals surface area contributed by atoms with Gasteiger partial charge in [-0.15, -0.1) is 0 Å². The van der Waals surface area contributed by atoms with Crippen LogP contribution in [0.15, 0.2) is 72.8 Å². The van der Waals surface area contributed by atoms with Gasteiger partial charge in [0.05, 0.1) is 0 Å². The van der Waals surface area contributed by atoms with E-state index in [0.29, 0.717) is 11.3 Å². The van der Waals surface area contributed by atoms with E-state index in [1.54, 1.807) is 47.4 Å². The molecule has 3 aromatic carbocycles. The number of nitrogens with two attached hydrogens (primary N) is 1. The Morgan fingerprint density at radius 2 is 1.59 bits per heavy atom. The SMILES string of the molecule is NC1CCCCC1N(Cc1cccc(NC(=O)c2ccccc2)c1)C(=O)c1cc(F)cc(F)c1. The van der Waals surface area contributed by atoms with Crippen LogP contribution in [0.5, 0.6) is 0 Å². The van der Waals surface area contributed by atoms with Crippen molar-refractivity contribution < 1.29 is 18.4 Å². The largest absolute Gasteiger partial charge is 0.330 e. The predicted octanol–water partition coefficient (Wildman–Crippen LogP) is 5.13. The number of halogens is 2. The molecule has 0 spiro atoms. The molecule has 3 aromatic rings. The average molecular weight is 464 g/mol. The lowest BCUT2D eigenvalue weighted by atomic mass is 9.89. The fourth-order valence-electron chi connectivity index (χ4n) is 4.45. The smallest absolute Gasteiger partial charge is 0.255 e. The summed E-state index contributed by atoms with van der Waals surface area (Å²) in [5, 5.41) is 2.87. The summed E-state index contributed by atoms with van der Waals surface area (Å²) in [7, 11) is 0. The highest BCUT2D eigenvalue weighted by Gasteiger charge is 2.32. The van der Waals surface area contributed by atoms with E-state index < -0.39 is 17.5 Å². The Morgan fingerprint density at radius 1 is 0.882 bits per heavy atom. The molecule has 0 bridgehead atoms. The molecule has 0 aromatic heterocycles. The summed E-state index contributed by atoms with van der Waals surface area (Å²) < 4.78 is 27.7.